The zero-order valence-corrected chi connectivity index (χ0v) is 18.3. The molecule has 0 spiro atoms. The minimum Gasteiger partial charge on any atom is -0.386 e. The molecule has 1 aliphatic rings. The van der Waals surface area contributed by atoms with Gasteiger partial charge in [0.05, 0.1) is 0 Å². The Morgan fingerprint density at radius 1 is 0.968 bits per heavy atom. The highest BCUT2D eigenvalue weighted by Crippen LogP contribution is 2.32. The molecule has 164 valence electrons. The van der Waals surface area contributed by atoms with Crippen molar-refractivity contribution in [3.05, 3.63) is 71.8 Å². The smallest absolute Gasteiger partial charge is 0.382 e. The van der Waals surface area contributed by atoms with Gasteiger partial charge in [-0.05, 0) is 36.9 Å². The zero-order valence-electron chi connectivity index (χ0n) is 18.3. The Balaban J connectivity index is 1.53. The van der Waals surface area contributed by atoms with Gasteiger partial charge in [0.2, 0.25) is 5.78 Å². The van der Waals surface area contributed by atoms with Gasteiger partial charge in [-0.2, -0.15) is 0 Å². The lowest BCUT2D eigenvalue weighted by atomic mass is 9.81. The topological polar surface area (TPSA) is 72.5 Å². The van der Waals surface area contributed by atoms with E-state index in [9.17, 15) is 14.4 Å². The molecule has 1 aliphatic heterocycles. The van der Waals surface area contributed by atoms with Crippen molar-refractivity contribution in [1.29, 1.82) is 0 Å². The van der Waals surface area contributed by atoms with Crippen molar-refractivity contribution >= 4 is 17.7 Å². The van der Waals surface area contributed by atoms with Crippen LogP contribution in [0.5, 0.6) is 0 Å². The van der Waals surface area contributed by atoms with E-state index in [0.717, 1.165) is 25.8 Å². The summed E-state index contributed by atoms with van der Waals surface area (Å²) in [4.78, 5) is 36.5. The highest BCUT2D eigenvalue weighted by molar-refractivity contribution is 6.37. The SMILES string of the molecule is CC(C)(CCCCC(c1ccccc1)c1ccccc1)C(=O)C(=O)OC(=O)C1CCN1. The van der Waals surface area contributed by atoms with E-state index in [0.29, 0.717) is 18.8 Å². The quantitative estimate of drug-likeness (QED) is 0.266. The van der Waals surface area contributed by atoms with Crippen LogP contribution in [0, 0.1) is 5.41 Å². The number of carbonyl (C=O) groups excluding carboxylic acids is 3. The second-order valence-electron chi connectivity index (χ2n) is 8.84. The second kappa shape index (κ2) is 10.5. The maximum absolute atomic E-state index is 12.6. The van der Waals surface area contributed by atoms with Gasteiger partial charge in [0.15, 0.2) is 0 Å². The molecular formula is C26H31NO4. The molecule has 0 radical (unpaired) electrons. The fraction of sp³-hybridized carbons (Fsp3) is 0.423. The lowest BCUT2D eigenvalue weighted by Crippen LogP contribution is -2.50. The molecule has 31 heavy (non-hydrogen) atoms. The molecule has 5 heteroatoms. The first kappa shape index (κ1) is 22.9. The maximum atomic E-state index is 12.6. The Morgan fingerprint density at radius 2 is 1.52 bits per heavy atom. The van der Waals surface area contributed by atoms with Crippen molar-refractivity contribution in [2.75, 3.05) is 6.54 Å². The number of rotatable bonds is 10. The summed E-state index contributed by atoms with van der Waals surface area (Å²) in [6.07, 6.45) is 3.88. The first-order chi connectivity index (χ1) is 14.9. The van der Waals surface area contributed by atoms with Gasteiger partial charge in [-0.3, -0.25) is 4.79 Å². The molecule has 0 aromatic heterocycles. The third kappa shape index (κ3) is 6.11. The molecular weight excluding hydrogens is 390 g/mol. The molecule has 0 saturated carbocycles. The number of unbranched alkanes of at least 4 members (excludes halogenated alkanes) is 1. The molecule has 2 aromatic carbocycles. The molecule has 1 unspecified atom stereocenters. The van der Waals surface area contributed by atoms with Crippen LogP contribution in [0.4, 0.5) is 0 Å². The highest BCUT2D eigenvalue weighted by atomic mass is 16.6. The largest absolute Gasteiger partial charge is 0.386 e. The van der Waals surface area contributed by atoms with Crippen LogP contribution in [0.25, 0.3) is 0 Å². The van der Waals surface area contributed by atoms with Gasteiger partial charge in [-0.25, -0.2) is 9.59 Å². The van der Waals surface area contributed by atoms with Crippen LogP contribution >= 0.6 is 0 Å². The normalized spacial score (nSPS) is 15.9. The molecule has 1 N–H and O–H groups in total. The van der Waals surface area contributed by atoms with Gasteiger partial charge < -0.3 is 10.1 Å². The Hall–Kier alpha value is -2.79. The molecule has 1 heterocycles. The first-order valence-corrected chi connectivity index (χ1v) is 11.0. The number of Topliss-reactive ketones (excluding diaryl/α,β-unsaturated/α-hetero) is 1. The number of nitrogens with one attached hydrogen (secondary N) is 1. The van der Waals surface area contributed by atoms with E-state index in [2.05, 4.69) is 53.8 Å². The van der Waals surface area contributed by atoms with Crippen molar-refractivity contribution in [3.8, 4) is 0 Å². The summed E-state index contributed by atoms with van der Waals surface area (Å²) in [6, 6.07) is 20.4. The molecule has 1 atom stereocenters. The van der Waals surface area contributed by atoms with Gasteiger partial charge in [-0.1, -0.05) is 87.4 Å². The molecule has 1 saturated heterocycles. The Morgan fingerprint density at radius 3 is 2.00 bits per heavy atom. The molecule has 0 aliphatic carbocycles. The standard InChI is InChI=1S/C26H31NO4/c1-26(2,23(28)25(30)31-24(29)22-16-18-27-22)17-10-9-15-21(19-11-5-3-6-12-19)20-13-7-4-8-14-20/h3-8,11-14,21-22,27H,9-10,15-18H2,1-2H3. The van der Waals surface area contributed by atoms with E-state index >= 15 is 0 Å². The predicted octanol–water partition coefficient (Wildman–Crippen LogP) is 4.41. The number of esters is 2. The van der Waals surface area contributed by atoms with Gasteiger partial charge in [0.1, 0.15) is 6.04 Å². The van der Waals surface area contributed by atoms with Crippen LogP contribution in [0.2, 0.25) is 0 Å². The Kier molecular flexibility index (Phi) is 7.75. The zero-order chi connectivity index (χ0) is 22.3. The minimum absolute atomic E-state index is 0.291. The van der Waals surface area contributed by atoms with Crippen molar-refractivity contribution in [2.45, 2.75) is 57.9 Å². The molecule has 5 nitrogen and oxygen atoms in total. The molecule has 2 aromatic rings. The predicted molar refractivity (Wildman–Crippen MR) is 119 cm³/mol. The van der Waals surface area contributed by atoms with Crippen LogP contribution in [-0.4, -0.2) is 30.3 Å². The summed E-state index contributed by atoms with van der Waals surface area (Å²) in [7, 11) is 0. The summed E-state index contributed by atoms with van der Waals surface area (Å²) in [5.41, 5.74) is 1.69. The fourth-order valence-corrected chi connectivity index (χ4v) is 3.90. The van der Waals surface area contributed by atoms with Crippen LogP contribution in [-0.2, 0) is 19.1 Å². The lowest BCUT2D eigenvalue weighted by Gasteiger charge is -2.26. The summed E-state index contributed by atoms with van der Waals surface area (Å²) < 4.78 is 4.77. The highest BCUT2D eigenvalue weighted by Gasteiger charge is 2.37. The van der Waals surface area contributed by atoms with Crippen molar-refractivity contribution < 1.29 is 19.1 Å². The van der Waals surface area contributed by atoms with Crippen LogP contribution < -0.4 is 5.32 Å². The second-order valence-corrected chi connectivity index (χ2v) is 8.84. The van der Waals surface area contributed by atoms with E-state index in [1.165, 1.54) is 11.1 Å². The van der Waals surface area contributed by atoms with E-state index in [4.69, 9.17) is 4.74 Å². The third-order valence-corrected chi connectivity index (χ3v) is 6.05. The molecule has 1 fully saturated rings. The van der Waals surface area contributed by atoms with Crippen LogP contribution in [0.1, 0.15) is 63.0 Å². The van der Waals surface area contributed by atoms with E-state index in [-0.39, 0.29) is 0 Å². The van der Waals surface area contributed by atoms with Crippen molar-refractivity contribution in [3.63, 3.8) is 0 Å². The maximum Gasteiger partial charge on any atom is 0.382 e. The minimum atomic E-state index is -1.05. The number of hydrogen-bond donors (Lipinski definition) is 1. The number of ether oxygens (including phenoxy) is 1. The van der Waals surface area contributed by atoms with Crippen LogP contribution in [0.3, 0.4) is 0 Å². The number of ketones is 1. The summed E-state index contributed by atoms with van der Waals surface area (Å²) in [5.74, 6) is -2.05. The summed E-state index contributed by atoms with van der Waals surface area (Å²) >= 11 is 0. The van der Waals surface area contributed by atoms with Crippen molar-refractivity contribution in [1.82, 2.24) is 5.32 Å². The molecule has 0 amide bonds. The fourth-order valence-electron chi connectivity index (χ4n) is 3.90. The average molecular weight is 422 g/mol. The van der Waals surface area contributed by atoms with Crippen molar-refractivity contribution in [2.24, 2.45) is 5.41 Å². The lowest BCUT2D eigenvalue weighted by molar-refractivity contribution is -0.168. The van der Waals surface area contributed by atoms with E-state index in [1.54, 1.807) is 13.8 Å². The number of hydrogen-bond acceptors (Lipinski definition) is 5. The summed E-state index contributed by atoms with van der Waals surface area (Å²) in [6.45, 7) is 4.21. The average Bonchev–Trinajstić information content (AvgIpc) is 2.73. The van der Waals surface area contributed by atoms with Gasteiger partial charge in [-0.15, -0.1) is 0 Å². The molecule has 0 bridgehead atoms. The van der Waals surface area contributed by atoms with Gasteiger partial charge in [0.25, 0.3) is 0 Å². The third-order valence-electron chi connectivity index (χ3n) is 6.05. The van der Waals surface area contributed by atoms with Gasteiger partial charge in [0, 0.05) is 11.3 Å². The monoisotopic (exact) mass is 421 g/mol. The first-order valence-electron chi connectivity index (χ1n) is 11.0. The van der Waals surface area contributed by atoms with Gasteiger partial charge >= 0.3 is 11.9 Å². The Bertz CT molecular complexity index is 849. The van der Waals surface area contributed by atoms with E-state index < -0.39 is 29.2 Å². The number of benzene rings is 2. The molecule has 3 rings (SSSR count). The Labute approximate surface area is 184 Å². The number of carbonyl (C=O) groups is 3. The summed E-state index contributed by atoms with van der Waals surface area (Å²) in [5, 5.41) is 2.87. The van der Waals surface area contributed by atoms with Crippen LogP contribution in [0.15, 0.2) is 60.7 Å². The van der Waals surface area contributed by atoms with E-state index in [1.807, 2.05) is 12.1 Å².